The first-order valence-electron chi connectivity index (χ1n) is 9.25. The molecule has 2 aromatic heterocycles. The van der Waals surface area contributed by atoms with Gasteiger partial charge in [-0.2, -0.15) is 10.5 Å². The first-order chi connectivity index (χ1) is 14.3. The van der Waals surface area contributed by atoms with Gasteiger partial charge in [0.1, 0.15) is 23.5 Å². The highest BCUT2D eigenvalue weighted by Gasteiger charge is 2.21. The molecular formula is C25H14N4. The highest BCUT2D eigenvalue weighted by Crippen LogP contribution is 2.41. The summed E-state index contributed by atoms with van der Waals surface area (Å²) >= 11 is 0. The summed E-state index contributed by atoms with van der Waals surface area (Å²) in [5, 5.41) is 20.4. The number of aromatic nitrogens is 2. The molecule has 4 heteroatoms. The molecule has 0 bridgehead atoms. The number of benzene rings is 2. The minimum Gasteiger partial charge on any atom is -0.245 e. The molecule has 1 atom stereocenters. The van der Waals surface area contributed by atoms with E-state index in [-0.39, 0.29) is 5.92 Å². The normalized spacial score (nSPS) is 14.3. The summed E-state index contributed by atoms with van der Waals surface area (Å²) in [6.45, 7) is 0. The Morgan fingerprint density at radius 1 is 0.793 bits per heavy atom. The van der Waals surface area contributed by atoms with Crippen LogP contribution in [0.4, 0.5) is 0 Å². The first-order valence-corrected chi connectivity index (χ1v) is 9.25. The van der Waals surface area contributed by atoms with Gasteiger partial charge >= 0.3 is 0 Å². The number of hydrogen-bond donors (Lipinski definition) is 0. The standard InChI is InChI=1S/C25H14N4/c26-12-19-7-4-17(14-28-19)21-9-6-16-2-1-3-23-22(10-11-24(21)25(16)23)18-5-8-20(13-27)29-15-18/h1-11,14-15,22H. The van der Waals surface area contributed by atoms with Crippen molar-refractivity contribution >= 4 is 16.8 Å². The Hall–Kier alpha value is -4.28. The van der Waals surface area contributed by atoms with Crippen molar-refractivity contribution in [1.29, 1.82) is 10.5 Å². The molecule has 0 aliphatic heterocycles. The van der Waals surface area contributed by atoms with Crippen molar-refractivity contribution in [2.24, 2.45) is 0 Å². The third-order valence-electron chi connectivity index (χ3n) is 5.36. The topological polar surface area (TPSA) is 73.4 Å². The van der Waals surface area contributed by atoms with Crippen LogP contribution in [0, 0.1) is 22.7 Å². The van der Waals surface area contributed by atoms with Gasteiger partial charge in [-0.3, -0.25) is 0 Å². The molecule has 2 aromatic carbocycles. The van der Waals surface area contributed by atoms with Gasteiger partial charge in [0.15, 0.2) is 0 Å². The lowest BCUT2D eigenvalue weighted by atomic mass is 9.80. The quantitative estimate of drug-likeness (QED) is 0.486. The first kappa shape index (κ1) is 16.9. The van der Waals surface area contributed by atoms with E-state index in [2.05, 4.69) is 64.6 Å². The summed E-state index contributed by atoms with van der Waals surface area (Å²) in [5.74, 6) is 0.0841. The fraction of sp³-hybridized carbons (Fsp3) is 0.0400. The lowest BCUT2D eigenvalue weighted by Gasteiger charge is -2.23. The lowest BCUT2D eigenvalue weighted by molar-refractivity contribution is 1.01. The van der Waals surface area contributed by atoms with Gasteiger partial charge in [-0.05, 0) is 51.2 Å². The van der Waals surface area contributed by atoms with Crippen molar-refractivity contribution in [1.82, 2.24) is 9.97 Å². The van der Waals surface area contributed by atoms with Crippen LogP contribution in [0.5, 0.6) is 0 Å². The van der Waals surface area contributed by atoms with Crippen LogP contribution in [-0.2, 0) is 0 Å². The van der Waals surface area contributed by atoms with Crippen LogP contribution in [0.3, 0.4) is 0 Å². The maximum absolute atomic E-state index is 9.01. The molecule has 0 spiro atoms. The molecule has 1 aliphatic rings. The highest BCUT2D eigenvalue weighted by atomic mass is 14.7. The van der Waals surface area contributed by atoms with Gasteiger partial charge in [0, 0.05) is 23.9 Å². The largest absolute Gasteiger partial charge is 0.245 e. The Bertz CT molecular complexity index is 1350. The summed E-state index contributed by atoms with van der Waals surface area (Å²) < 4.78 is 0. The zero-order valence-electron chi connectivity index (χ0n) is 15.4. The molecule has 0 fully saturated rings. The van der Waals surface area contributed by atoms with Gasteiger partial charge in [0.25, 0.3) is 0 Å². The second kappa shape index (κ2) is 6.71. The number of hydrogen-bond acceptors (Lipinski definition) is 4. The van der Waals surface area contributed by atoms with E-state index in [1.165, 1.54) is 16.3 Å². The summed E-state index contributed by atoms with van der Waals surface area (Å²) in [7, 11) is 0. The van der Waals surface area contributed by atoms with E-state index in [0.29, 0.717) is 11.4 Å². The molecule has 134 valence electrons. The molecular weight excluding hydrogens is 356 g/mol. The summed E-state index contributed by atoms with van der Waals surface area (Å²) in [6.07, 6.45) is 7.88. The average Bonchev–Trinajstić information content (AvgIpc) is 2.80. The zero-order valence-corrected chi connectivity index (χ0v) is 15.4. The maximum atomic E-state index is 9.01. The summed E-state index contributed by atoms with van der Waals surface area (Å²) in [6, 6.07) is 22.1. The molecule has 5 rings (SSSR count). The zero-order chi connectivity index (χ0) is 19.8. The highest BCUT2D eigenvalue weighted by molar-refractivity contribution is 6.01. The van der Waals surface area contributed by atoms with Gasteiger partial charge in [-0.15, -0.1) is 0 Å². The molecule has 0 amide bonds. The minimum absolute atomic E-state index is 0.0841. The van der Waals surface area contributed by atoms with Crippen LogP contribution in [0.25, 0.3) is 28.0 Å². The van der Waals surface area contributed by atoms with E-state index in [1.807, 2.05) is 12.1 Å². The molecule has 2 heterocycles. The van der Waals surface area contributed by atoms with Gasteiger partial charge in [-0.1, -0.05) is 48.6 Å². The van der Waals surface area contributed by atoms with E-state index in [9.17, 15) is 0 Å². The minimum atomic E-state index is 0.0841. The number of nitrogens with zero attached hydrogens (tertiary/aromatic N) is 4. The monoisotopic (exact) mass is 370 g/mol. The van der Waals surface area contributed by atoms with E-state index in [0.717, 1.165) is 22.3 Å². The van der Waals surface area contributed by atoms with Gasteiger partial charge in [0.2, 0.25) is 0 Å². The van der Waals surface area contributed by atoms with Crippen LogP contribution in [0.15, 0.2) is 73.1 Å². The van der Waals surface area contributed by atoms with Crippen molar-refractivity contribution in [2.45, 2.75) is 5.92 Å². The fourth-order valence-electron chi connectivity index (χ4n) is 3.98. The second-order valence-electron chi connectivity index (χ2n) is 6.94. The summed E-state index contributed by atoms with van der Waals surface area (Å²) in [5.41, 5.74) is 6.34. The Balaban J connectivity index is 1.69. The van der Waals surface area contributed by atoms with Crippen LogP contribution in [-0.4, -0.2) is 9.97 Å². The van der Waals surface area contributed by atoms with Crippen molar-refractivity contribution < 1.29 is 0 Å². The van der Waals surface area contributed by atoms with Crippen LogP contribution in [0.1, 0.15) is 34.0 Å². The van der Waals surface area contributed by atoms with Gasteiger partial charge < -0.3 is 0 Å². The summed E-state index contributed by atoms with van der Waals surface area (Å²) in [4.78, 5) is 8.47. The molecule has 29 heavy (non-hydrogen) atoms. The molecule has 1 unspecified atom stereocenters. The van der Waals surface area contributed by atoms with Crippen LogP contribution >= 0.6 is 0 Å². The molecule has 4 aromatic rings. The molecule has 0 saturated heterocycles. The van der Waals surface area contributed by atoms with Crippen molar-refractivity contribution in [3.8, 4) is 23.3 Å². The number of pyridine rings is 2. The second-order valence-corrected chi connectivity index (χ2v) is 6.94. The Morgan fingerprint density at radius 2 is 1.59 bits per heavy atom. The van der Waals surface area contributed by atoms with Crippen molar-refractivity contribution in [3.05, 3.63) is 101 Å². The molecule has 0 radical (unpaired) electrons. The number of rotatable bonds is 2. The molecule has 1 aliphatic carbocycles. The molecule has 0 saturated carbocycles. The third kappa shape index (κ3) is 2.76. The SMILES string of the molecule is N#Cc1ccc(-c2ccc3cccc4c3c2C=CC4c2ccc(C#N)nc2)cn1. The van der Waals surface area contributed by atoms with Gasteiger partial charge in [0.05, 0.1) is 0 Å². The van der Waals surface area contributed by atoms with E-state index < -0.39 is 0 Å². The maximum Gasteiger partial charge on any atom is 0.140 e. The Morgan fingerprint density at radius 3 is 2.28 bits per heavy atom. The van der Waals surface area contributed by atoms with Crippen LogP contribution in [0.2, 0.25) is 0 Å². The smallest absolute Gasteiger partial charge is 0.140 e. The molecule has 0 N–H and O–H groups in total. The Kier molecular flexibility index (Phi) is 3.90. The fourth-order valence-corrected chi connectivity index (χ4v) is 3.98. The average molecular weight is 370 g/mol. The molecule has 4 nitrogen and oxygen atoms in total. The van der Waals surface area contributed by atoms with Crippen molar-refractivity contribution in [2.75, 3.05) is 0 Å². The van der Waals surface area contributed by atoms with Gasteiger partial charge in [-0.25, -0.2) is 9.97 Å². The van der Waals surface area contributed by atoms with Crippen molar-refractivity contribution in [3.63, 3.8) is 0 Å². The number of allylic oxidation sites excluding steroid dienone is 1. The van der Waals surface area contributed by atoms with Crippen LogP contribution < -0.4 is 0 Å². The lowest BCUT2D eigenvalue weighted by Crippen LogP contribution is -2.05. The van der Waals surface area contributed by atoms with E-state index >= 15 is 0 Å². The number of nitriles is 2. The Labute approximate surface area is 168 Å². The third-order valence-corrected chi connectivity index (χ3v) is 5.36. The predicted octanol–water partition coefficient (Wildman–Crippen LogP) is 5.20. The predicted molar refractivity (Wildman–Crippen MR) is 112 cm³/mol. The van der Waals surface area contributed by atoms with E-state index in [1.54, 1.807) is 24.5 Å². The van der Waals surface area contributed by atoms with E-state index in [4.69, 9.17) is 10.5 Å².